The van der Waals surface area contributed by atoms with E-state index >= 15 is 0 Å². The third kappa shape index (κ3) is 3.14. The van der Waals surface area contributed by atoms with Crippen molar-refractivity contribution in [1.82, 2.24) is 20.1 Å². The van der Waals surface area contributed by atoms with E-state index in [9.17, 15) is 14.4 Å². The number of H-pyrrole nitrogens is 1. The third-order valence-corrected chi connectivity index (χ3v) is 4.52. The lowest BCUT2D eigenvalue weighted by Gasteiger charge is -2.22. The van der Waals surface area contributed by atoms with Gasteiger partial charge in [-0.15, -0.1) is 5.10 Å². The lowest BCUT2D eigenvalue weighted by atomic mass is 10.1. The van der Waals surface area contributed by atoms with E-state index in [2.05, 4.69) is 15.3 Å². The number of carbonyl (C=O) groups excluding carboxylic acids is 1. The molecule has 0 saturated carbocycles. The van der Waals surface area contributed by atoms with Crippen LogP contribution in [-0.4, -0.2) is 37.1 Å². The maximum absolute atomic E-state index is 12.1. The van der Waals surface area contributed by atoms with E-state index in [1.165, 1.54) is 41.2 Å². The Bertz CT molecular complexity index is 1080. The van der Waals surface area contributed by atoms with Gasteiger partial charge in [-0.1, -0.05) is 23.2 Å². The molecule has 2 aromatic heterocycles. The number of pyridine rings is 1. The summed E-state index contributed by atoms with van der Waals surface area (Å²) in [5, 5.41) is 18.4. The van der Waals surface area contributed by atoms with Gasteiger partial charge in [0, 0.05) is 17.9 Å². The van der Waals surface area contributed by atoms with Crippen molar-refractivity contribution < 1.29 is 14.7 Å². The number of benzene rings is 1. The topological polar surface area (TPSA) is 121 Å². The van der Waals surface area contributed by atoms with Gasteiger partial charge < -0.3 is 10.1 Å². The molecule has 0 spiro atoms. The van der Waals surface area contributed by atoms with E-state index in [-0.39, 0.29) is 28.0 Å². The van der Waals surface area contributed by atoms with Crippen LogP contribution < -0.4 is 10.6 Å². The molecule has 0 bridgehead atoms. The summed E-state index contributed by atoms with van der Waals surface area (Å²) in [6.45, 7) is 1.25. The third-order valence-electron chi connectivity index (χ3n) is 3.69. The maximum Gasteiger partial charge on any atom is 0.341 e. The van der Waals surface area contributed by atoms with Gasteiger partial charge in [0.05, 0.1) is 34.5 Å². The number of hydrogen-bond donors (Lipinski definition) is 2. The van der Waals surface area contributed by atoms with Crippen molar-refractivity contribution in [1.29, 1.82) is 0 Å². The number of hydrogen-bond acceptors (Lipinski definition) is 5. The van der Waals surface area contributed by atoms with Crippen LogP contribution >= 0.6 is 23.2 Å². The Morgan fingerprint density at radius 3 is 2.65 bits per heavy atom. The molecule has 134 valence electrons. The Kier molecular flexibility index (Phi) is 4.66. The van der Waals surface area contributed by atoms with Crippen molar-refractivity contribution in [3.8, 4) is 0 Å². The van der Waals surface area contributed by atoms with Gasteiger partial charge in [-0.3, -0.25) is 9.59 Å². The van der Waals surface area contributed by atoms with E-state index in [0.717, 1.165) is 0 Å². The fourth-order valence-corrected chi connectivity index (χ4v) is 2.92. The molecule has 2 N–H and O–H groups in total. The number of rotatable bonds is 4. The molecular formula is C15H11Cl2N5O4. The highest BCUT2D eigenvalue weighted by Gasteiger charge is 2.20. The van der Waals surface area contributed by atoms with Crippen LogP contribution in [0.3, 0.4) is 0 Å². The van der Waals surface area contributed by atoms with Gasteiger partial charge in [-0.25, -0.2) is 9.80 Å². The molecule has 3 aromatic rings. The number of aromatic carboxylic acids is 1. The molecule has 3 rings (SSSR count). The predicted molar refractivity (Wildman–Crippen MR) is 94.2 cm³/mol. The van der Waals surface area contributed by atoms with Gasteiger partial charge in [0.15, 0.2) is 0 Å². The van der Waals surface area contributed by atoms with Crippen molar-refractivity contribution in [2.24, 2.45) is 0 Å². The number of amides is 1. The van der Waals surface area contributed by atoms with Gasteiger partial charge in [-0.2, -0.15) is 4.79 Å². The highest BCUT2D eigenvalue weighted by Crippen LogP contribution is 2.32. The van der Waals surface area contributed by atoms with Crippen LogP contribution in [0.1, 0.15) is 22.8 Å². The van der Waals surface area contributed by atoms with Crippen molar-refractivity contribution in [2.45, 2.75) is 13.5 Å². The first-order valence-corrected chi connectivity index (χ1v) is 7.97. The highest BCUT2D eigenvalue weighted by atomic mass is 35.5. The average Bonchev–Trinajstić information content (AvgIpc) is 3.09. The Morgan fingerprint density at radius 1 is 1.35 bits per heavy atom. The first kappa shape index (κ1) is 17.9. The molecule has 0 fully saturated rings. The smallest absolute Gasteiger partial charge is 0.341 e. The monoisotopic (exact) mass is 395 g/mol. The maximum atomic E-state index is 12.1. The number of halogens is 2. The second-order valence-electron chi connectivity index (χ2n) is 5.33. The Hall–Kier alpha value is -2.91. The molecule has 0 radical (unpaired) electrons. The summed E-state index contributed by atoms with van der Waals surface area (Å²) >= 11 is 12.4. The summed E-state index contributed by atoms with van der Waals surface area (Å²) in [5.41, 5.74) is -0.601. The van der Waals surface area contributed by atoms with Crippen LogP contribution in [0.25, 0.3) is 10.9 Å². The number of aromatic amines is 1. The number of nitrogens with one attached hydrogen (secondary N) is 1. The molecule has 0 saturated heterocycles. The molecule has 0 unspecified atom stereocenters. The summed E-state index contributed by atoms with van der Waals surface area (Å²) in [6, 6.07) is 2.65. The van der Waals surface area contributed by atoms with Crippen molar-refractivity contribution in [2.75, 3.05) is 5.01 Å². The van der Waals surface area contributed by atoms with E-state index in [4.69, 9.17) is 28.3 Å². The summed E-state index contributed by atoms with van der Waals surface area (Å²) in [4.78, 5) is 38.9. The summed E-state index contributed by atoms with van der Waals surface area (Å²) in [6.07, 6.45) is 2.86. The Labute approximate surface area is 155 Å². The summed E-state index contributed by atoms with van der Waals surface area (Å²) < 4.78 is 0. The summed E-state index contributed by atoms with van der Waals surface area (Å²) in [5.74, 6) is -1.72. The van der Waals surface area contributed by atoms with Crippen molar-refractivity contribution >= 4 is 46.0 Å². The predicted octanol–water partition coefficient (Wildman–Crippen LogP) is 1.81. The summed E-state index contributed by atoms with van der Waals surface area (Å²) in [7, 11) is 0. The van der Waals surface area contributed by atoms with Gasteiger partial charge in [0.25, 0.3) is 5.56 Å². The second kappa shape index (κ2) is 6.77. The number of carboxylic acids is 1. The molecule has 0 atom stereocenters. The molecule has 0 aliphatic rings. The molecule has 9 nitrogen and oxygen atoms in total. The van der Waals surface area contributed by atoms with Gasteiger partial charge in [0.2, 0.25) is 5.91 Å². The fourth-order valence-electron chi connectivity index (χ4n) is 2.48. The largest absolute Gasteiger partial charge is 0.477 e. The van der Waals surface area contributed by atoms with Gasteiger partial charge >= 0.3 is 5.97 Å². The van der Waals surface area contributed by atoms with Gasteiger partial charge in [0.1, 0.15) is 5.56 Å². The van der Waals surface area contributed by atoms with Crippen molar-refractivity contribution in [3.63, 3.8) is 0 Å². The van der Waals surface area contributed by atoms with Crippen LogP contribution in [0, 0.1) is 0 Å². The minimum absolute atomic E-state index is 0.0725. The minimum Gasteiger partial charge on any atom is -0.477 e. The van der Waals surface area contributed by atoms with E-state index < -0.39 is 17.1 Å². The molecular weight excluding hydrogens is 385 g/mol. The Morgan fingerprint density at radius 2 is 2.08 bits per heavy atom. The second-order valence-corrected chi connectivity index (χ2v) is 6.12. The zero-order chi connectivity index (χ0) is 19.0. The SMILES string of the molecule is CC(=O)N(Cc1c(Cl)c(Cl)cc2cc(C(=O)O)c(=O)[nH]c12)n1ccnn1. The number of carbonyl (C=O) groups is 2. The Balaban J connectivity index is 2.22. The van der Waals surface area contributed by atoms with Crippen LogP contribution in [-0.2, 0) is 11.3 Å². The molecule has 2 heterocycles. The minimum atomic E-state index is -1.37. The molecule has 11 heteroatoms. The molecule has 0 aliphatic heterocycles. The zero-order valence-corrected chi connectivity index (χ0v) is 14.7. The van der Waals surface area contributed by atoms with E-state index in [0.29, 0.717) is 10.9 Å². The highest BCUT2D eigenvalue weighted by molar-refractivity contribution is 6.43. The van der Waals surface area contributed by atoms with Crippen LogP contribution in [0.2, 0.25) is 10.0 Å². The van der Waals surface area contributed by atoms with Gasteiger partial charge in [-0.05, 0) is 17.3 Å². The quantitative estimate of drug-likeness (QED) is 0.694. The van der Waals surface area contributed by atoms with Crippen LogP contribution in [0.15, 0.2) is 29.3 Å². The van der Waals surface area contributed by atoms with E-state index in [1.807, 2.05) is 0 Å². The molecule has 26 heavy (non-hydrogen) atoms. The lowest BCUT2D eigenvalue weighted by molar-refractivity contribution is -0.118. The zero-order valence-electron chi connectivity index (χ0n) is 13.2. The average molecular weight is 396 g/mol. The van der Waals surface area contributed by atoms with Crippen LogP contribution in [0.5, 0.6) is 0 Å². The number of aromatic nitrogens is 4. The first-order chi connectivity index (χ1) is 12.3. The van der Waals surface area contributed by atoms with E-state index in [1.54, 1.807) is 0 Å². The van der Waals surface area contributed by atoms with Crippen molar-refractivity contribution in [3.05, 3.63) is 56.1 Å². The number of fused-ring (bicyclic) bond motifs is 1. The fraction of sp³-hybridized carbons (Fsp3) is 0.133. The molecule has 1 aromatic carbocycles. The number of carboxylic acid groups (broad SMARTS) is 1. The van der Waals surface area contributed by atoms with Crippen LogP contribution in [0.4, 0.5) is 0 Å². The molecule has 1 amide bonds. The first-order valence-electron chi connectivity index (χ1n) is 7.21. The molecule has 0 aliphatic carbocycles. The number of nitrogens with zero attached hydrogens (tertiary/aromatic N) is 4. The lowest BCUT2D eigenvalue weighted by Crippen LogP contribution is -2.39. The standard InChI is InChI=1S/C15H11Cl2N5O4/c1-7(23)21(22-3-2-18-20-22)6-10-12(17)11(16)5-8-4-9(15(25)26)14(24)19-13(8)10/h2-5H,6H2,1H3,(H,19,24)(H,25,26). The normalized spacial score (nSPS) is 10.9.